The molecule has 0 aliphatic heterocycles. The Morgan fingerprint density at radius 2 is 2.14 bits per heavy atom. The second-order valence-corrected chi connectivity index (χ2v) is 3.28. The number of nitro groups is 1. The van der Waals surface area contributed by atoms with Gasteiger partial charge in [0.15, 0.2) is 5.96 Å². The summed E-state index contributed by atoms with van der Waals surface area (Å²) in [5.41, 5.74) is 10.5. The van der Waals surface area contributed by atoms with E-state index in [1.54, 1.807) is 6.07 Å². The van der Waals surface area contributed by atoms with Gasteiger partial charge in [-0.1, -0.05) is 0 Å². The van der Waals surface area contributed by atoms with Crippen molar-refractivity contribution in [1.82, 2.24) is 0 Å². The van der Waals surface area contributed by atoms with Gasteiger partial charge in [0.25, 0.3) is 5.69 Å². The van der Waals surface area contributed by atoms with Crippen LogP contribution in [-0.4, -0.2) is 10.9 Å². The fourth-order valence-electron chi connectivity index (χ4n) is 0.860. The predicted octanol–water partition coefficient (Wildman–Crippen LogP) is 1.26. The van der Waals surface area contributed by atoms with Gasteiger partial charge < -0.3 is 11.5 Å². The maximum atomic E-state index is 10.5. The van der Waals surface area contributed by atoms with E-state index in [0.717, 1.165) is 0 Å². The number of guanidine groups is 1. The van der Waals surface area contributed by atoms with E-state index in [2.05, 4.69) is 20.9 Å². The van der Waals surface area contributed by atoms with Crippen molar-refractivity contribution in [2.45, 2.75) is 0 Å². The van der Waals surface area contributed by atoms with Crippen molar-refractivity contribution in [2.24, 2.45) is 16.5 Å². The summed E-state index contributed by atoms with van der Waals surface area (Å²) in [7, 11) is 0. The molecule has 1 rings (SSSR count). The molecule has 0 radical (unpaired) electrons. The Morgan fingerprint density at radius 3 is 2.64 bits per heavy atom. The lowest BCUT2D eigenvalue weighted by molar-refractivity contribution is -0.385. The summed E-state index contributed by atoms with van der Waals surface area (Å²) < 4.78 is 0.386. The van der Waals surface area contributed by atoms with E-state index in [0.29, 0.717) is 10.2 Å². The SMILES string of the molecule is NC(N)=Nc1ccc(Br)c([N+](=O)[O-])c1. The third kappa shape index (κ3) is 2.43. The lowest BCUT2D eigenvalue weighted by atomic mass is 10.3. The molecular weight excluding hydrogens is 252 g/mol. The van der Waals surface area contributed by atoms with Crippen molar-refractivity contribution in [3.63, 3.8) is 0 Å². The fraction of sp³-hybridized carbons (Fsp3) is 0. The highest BCUT2D eigenvalue weighted by molar-refractivity contribution is 9.10. The Labute approximate surface area is 87.9 Å². The monoisotopic (exact) mass is 258 g/mol. The number of hydrogen-bond donors (Lipinski definition) is 2. The van der Waals surface area contributed by atoms with Crippen molar-refractivity contribution in [3.05, 3.63) is 32.8 Å². The number of benzene rings is 1. The zero-order chi connectivity index (χ0) is 10.7. The van der Waals surface area contributed by atoms with E-state index in [1.807, 2.05) is 0 Å². The van der Waals surface area contributed by atoms with Crippen LogP contribution in [0, 0.1) is 10.1 Å². The van der Waals surface area contributed by atoms with Crippen LogP contribution in [0.25, 0.3) is 0 Å². The number of rotatable bonds is 2. The molecule has 0 spiro atoms. The summed E-state index contributed by atoms with van der Waals surface area (Å²) in [6, 6.07) is 4.36. The first-order valence-corrected chi connectivity index (χ1v) is 4.33. The van der Waals surface area contributed by atoms with Crippen LogP contribution in [0.15, 0.2) is 27.7 Å². The third-order valence-corrected chi connectivity index (χ3v) is 2.06. The molecule has 7 heteroatoms. The van der Waals surface area contributed by atoms with Crippen LogP contribution in [0.5, 0.6) is 0 Å². The zero-order valence-corrected chi connectivity index (χ0v) is 8.56. The van der Waals surface area contributed by atoms with E-state index < -0.39 is 4.92 Å². The van der Waals surface area contributed by atoms with Crippen LogP contribution >= 0.6 is 15.9 Å². The van der Waals surface area contributed by atoms with E-state index in [1.165, 1.54) is 12.1 Å². The first-order valence-electron chi connectivity index (χ1n) is 3.54. The first kappa shape index (κ1) is 10.5. The minimum absolute atomic E-state index is 0.0764. The maximum Gasteiger partial charge on any atom is 0.285 e. The Balaban J connectivity index is 3.20. The van der Waals surface area contributed by atoms with Crippen molar-refractivity contribution in [1.29, 1.82) is 0 Å². The summed E-state index contributed by atoms with van der Waals surface area (Å²) in [6.07, 6.45) is 0. The number of nitrogens with two attached hydrogens (primary N) is 2. The van der Waals surface area contributed by atoms with Crippen LogP contribution in [0.2, 0.25) is 0 Å². The Hall–Kier alpha value is -1.63. The molecule has 0 aliphatic carbocycles. The molecule has 1 aromatic rings. The van der Waals surface area contributed by atoms with Crippen LogP contribution in [0.1, 0.15) is 0 Å². The molecule has 74 valence electrons. The molecule has 0 fully saturated rings. The van der Waals surface area contributed by atoms with Gasteiger partial charge in [-0.3, -0.25) is 10.1 Å². The van der Waals surface area contributed by atoms with E-state index in [9.17, 15) is 10.1 Å². The van der Waals surface area contributed by atoms with Crippen molar-refractivity contribution >= 4 is 33.3 Å². The maximum absolute atomic E-state index is 10.5. The van der Waals surface area contributed by atoms with Gasteiger partial charge in [0, 0.05) is 6.07 Å². The highest BCUT2D eigenvalue weighted by Gasteiger charge is 2.11. The normalized spacial score (nSPS) is 9.50. The standard InChI is InChI=1S/C7H7BrN4O2/c8-5-2-1-4(11-7(9)10)3-6(5)12(13)14/h1-3H,(H4,9,10,11). The smallest absolute Gasteiger partial charge is 0.285 e. The van der Waals surface area contributed by atoms with Gasteiger partial charge >= 0.3 is 0 Å². The summed E-state index contributed by atoms with van der Waals surface area (Å²) in [4.78, 5) is 13.7. The average Bonchev–Trinajstić information content (AvgIpc) is 2.07. The molecule has 0 aliphatic rings. The van der Waals surface area contributed by atoms with E-state index in [-0.39, 0.29) is 11.6 Å². The summed E-state index contributed by atoms with van der Waals surface area (Å²) >= 11 is 3.04. The lowest BCUT2D eigenvalue weighted by Crippen LogP contribution is -2.21. The van der Waals surface area contributed by atoms with Crippen LogP contribution in [-0.2, 0) is 0 Å². The Morgan fingerprint density at radius 1 is 1.50 bits per heavy atom. The molecule has 4 N–H and O–H groups in total. The van der Waals surface area contributed by atoms with E-state index in [4.69, 9.17) is 11.5 Å². The highest BCUT2D eigenvalue weighted by atomic mass is 79.9. The number of nitrogens with zero attached hydrogens (tertiary/aromatic N) is 2. The van der Waals surface area contributed by atoms with Gasteiger partial charge in [0.05, 0.1) is 15.1 Å². The second-order valence-electron chi connectivity index (χ2n) is 2.43. The molecule has 0 atom stereocenters. The topological polar surface area (TPSA) is 108 Å². The fourth-order valence-corrected chi connectivity index (χ4v) is 1.25. The number of hydrogen-bond acceptors (Lipinski definition) is 3. The van der Waals surface area contributed by atoms with Gasteiger partial charge in [0.1, 0.15) is 0 Å². The summed E-state index contributed by atoms with van der Waals surface area (Å²) in [6.45, 7) is 0. The molecular formula is C7H7BrN4O2. The first-order chi connectivity index (χ1) is 6.50. The largest absolute Gasteiger partial charge is 0.370 e. The quantitative estimate of drug-likeness (QED) is 0.360. The zero-order valence-electron chi connectivity index (χ0n) is 6.98. The summed E-state index contributed by atoms with van der Waals surface area (Å²) in [5, 5.41) is 10.5. The van der Waals surface area contributed by atoms with E-state index >= 15 is 0 Å². The van der Waals surface area contributed by atoms with Gasteiger partial charge in [-0.2, -0.15) is 0 Å². The van der Waals surface area contributed by atoms with Gasteiger partial charge in [0.2, 0.25) is 0 Å². The Bertz CT molecular complexity index is 401. The van der Waals surface area contributed by atoms with Crippen LogP contribution in [0.3, 0.4) is 0 Å². The number of nitro benzene ring substituents is 1. The minimum atomic E-state index is -0.518. The Kier molecular flexibility index (Phi) is 3.03. The van der Waals surface area contributed by atoms with Crippen LogP contribution < -0.4 is 11.5 Å². The highest BCUT2D eigenvalue weighted by Crippen LogP contribution is 2.28. The number of aliphatic imine (C=N–C) groups is 1. The van der Waals surface area contributed by atoms with Gasteiger partial charge in [-0.15, -0.1) is 0 Å². The molecule has 0 saturated heterocycles. The van der Waals surface area contributed by atoms with Crippen molar-refractivity contribution < 1.29 is 4.92 Å². The molecule has 0 aromatic heterocycles. The van der Waals surface area contributed by atoms with Gasteiger partial charge in [-0.05, 0) is 28.1 Å². The molecule has 0 bridgehead atoms. The molecule has 0 unspecified atom stereocenters. The summed E-state index contributed by atoms with van der Waals surface area (Å²) in [5.74, 6) is -0.137. The van der Waals surface area contributed by atoms with Gasteiger partial charge in [-0.25, -0.2) is 4.99 Å². The number of halogens is 1. The van der Waals surface area contributed by atoms with Crippen LogP contribution in [0.4, 0.5) is 11.4 Å². The lowest BCUT2D eigenvalue weighted by Gasteiger charge is -1.97. The minimum Gasteiger partial charge on any atom is -0.370 e. The van der Waals surface area contributed by atoms with Crippen molar-refractivity contribution in [2.75, 3.05) is 0 Å². The van der Waals surface area contributed by atoms with Crippen molar-refractivity contribution in [3.8, 4) is 0 Å². The second kappa shape index (κ2) is 4.05. The molecule has 14 heavy (non-hydrogen) atoms. The molecule has 1 aromatic carbocycles. The molecule has 0 amide bonds. The molecule has 0 heterocycles. The predicted molar refractivity (Wildman–Crippen MR) is 56.3 cm³/mol. The third-order valence-electron chi connectivity index (χ3n) is 1.38. The molecule has 0 saturated carbocycles. The molecule has 6 nitrogen and oxygen atoms in total. The average molecular weight is 259 g/mol.